The summed E-state index contributed by atoms with van der Waals surface area (Å²) < 4.78 is 5.64. The Kier molecular flexibility index (Phi) is 6.32. The van der Waals surface area contributed by atoms with E-state index in [1.807, 2.05) is 61.2 Å². The largest absolute Gasteiger partial charge is 0.491 e. The highest BCUT2D eigenvalue weighted by atomic mass is 16.5. The summed E-state index contributed by atoms with van der Waals surface area (Å²) >= 11 is 0. The number of fused-ring (bicyclic) bond motifs is 1. The first-order valence-corrected chi connectivity index (χ1v) is 10.7. The summed E-state index contributed by atoms with van der Waals surface area (Å²) in [5, 5.41) is 13.4. The minimum atomic E-state index is -0.0916. The first kappa shape index (κ1) is 21.1. The Balaban J connectivity index is 1.38. The first-order chi connectivity index (χ1) is 15.0. The SMILES string of the molecule is CC(C)Oc1ccc(NC(=O)N2CCC(c3ncnc4ccc(CO)cc34)CC2)cc1. The van der Waals surface area contributed by atoms with Gasteiger partial charge in [-0.3, -0.25) is 0 Å². The number of carbonyl (C=O) groups is 1. The number of aliphatic hydroxyl groups excluding tert-OH is 1. The van der Waals surface area contributed by atoms with Crippen LogP contribution in [0.25, 0.3) is 10.9 Å². The van der Waals surface area contributed by atoms with Crippen LogP contribution in [0.4, 0.5) is 10.5 Å². The summed E-state index contributed by atoms with van der Waals surface area (Å²) in [4.78, 5) is 23.4. The number of amides is 2. The number of urea groups is 1. The highest BCUT2D eigenvalue weighted by Gasteiger charge is 2.26. The lowest BCUT2D eigenvalue weighted by Gasteiger charge is -2.32. The number of likely N-dealkylation sites (tertiary alicyclic amines) is 1. The number of hydrogen-bond donors (Lipinski definition) is 2. The monoisotopic (exact) mass is 420 g/mol. The lowest BCUT2D eigenvalue weighted by atomic mass is 9.90. The van der Waals surface area contributed by atoms with Gasteiger partial charge in [-0.1, -0.05) is 6.07 Å². The summed E-state index contributed by atoms with van der Waals surface area (Å²) in [6.45, 7) is 5.28. The Morgan fingerprint density at radius 3 is 2.58 bits per heavy atom. The number of piperidine rings is 1. The topological polar surface area (TPSA) is 87.6 Å². The van der Waals surface area contributed by atoms with Crippen molar-refractivity contribution in [3.05, 3.63) is 60.0 Å². The molecular formula is C24H28N4O3. The van der Waals surface area contributed by atoms with Crippen LogP contribution in [-0.2, 0) is 6.61 Å². The van der Waals surface area contributed by atoms with Gasteiger partial charge in [0.25, 0.3) is 0 Å². The van der Waals surface area contributed by atoms with E-state index in [1.165, 1.54) is 0 Å². The van der Waals surface area contributed by atoms with Crippen molar-refractivity contribution in [1.82, 2.24) is 14.9 Å². The Morgan fingerprint density at radius 2 is 1.90 bits per heavy atom. The molecule has 0 bridgehead atoms. The van der Waals surface area contributed by atoms with Crippen LogP contribution in [-0.4, -0.2) is 45.2 Å². The molecule has 0 radical (unpaired) electrons. The fourth-order valence-electron chi connectivity index (χ4n) is 3.99. The third-order valence-electron chi connectivity index (χ3n) is 5.56. The maximum Gasteiger partial charge on any atom is 0.321 e. The molecule has 2 N–H and O–H groups in total. The van der Waals surface area contributed by atoms with E-state index in [4.69, 9.17) is 4.74 Å². The molecule has 4 rings (SSSR count). The second-order valence-electron chi connectivity index (χ2n) is 8.15. The second kappa shape index (κ2) is 9.31. The maximum absolute atomic E-state index is 12.7. The van der Waals surface area contributed by atoms with E-state index in [0.717, 1.165) is 46.4 Å². The van der Waals surface area contributed by atoms with Gasteiger partial charge < -0.3 is 20.1 Å². The van der Waals surface area contributed by atoms with Gasteiger partial charge in [-0.05, 0) is 68.7 Å². The van der Waals surface area contributed by atoms with Gasteiger partial charge in [0.05, 0.1) is 23.9 Å². The molecular weight excluding hydrogens is 392 g/mol. The van der Waals surface area contributed by atoms with Crippen LogP contribution in [0.1, 0.15) is 43.9 Å². The molecule has 1 fully saturated rings. The molecule has 3 aromatic rings. The van der Waals surface area contributed by atoms with Crippen LogP contribution in [0.3, 0.4) is 0 Å². The van der Waals surface area contributed by atoms with Gasteiger partial charge in [-0.2, -0.15) is 0 Å². The highest BCUT2D eigenvalue weighted by Crippen LogP contribution is 2.31. The minimum absolute atomic E-state index is 0.00648. The van der Waals surface area contributed by atoms with Crippen LogP contribution in [0.5, 0.6) is 5.75 Å². The average molecular weight is 421 g/mol. The Hall–Kier alpha value is -3.19. The number of carbonyl (C=O) groups excluding carboxylic acids is 1. The number of nitrogens with one attached hydrogen (secondary N) is 1. The van der Waals surface area contributed by atoms with Crippen LogP contribution in [0.15, 0.2) is 48.8 Å². The Labute approximate surface area is 182 Å². The van der Waals surface area contributed by atoms with Crippen LogP contribution in [0, 0.1) is 0 Å². The van der Waals surface area contributed by atoms with Crippen molar-refractivity contribution in [2.45, 2.75) is 45.3 Å². The van der Waals surface area contributed by atoms with Crippen molar-refractivity contribution in [1.29, 1.82) is 0 Å². The van der Waals surface area contributed by atoms with Gasteiger partial charge in [0.2, 0.25) is 0 Å². The predicted octanol–water partition coefficient (Wildman–Crippen LogP) is 4.32. The number of benzene rings is 2. The van der Waals surface area contributed by atoms with Gasteiger partial charge in [0, 0.05) is 30.1 Å². The van der Waals surface area contributed by atoms with Gasteiger partial charge >= 0.3 is 6.03 Å². The molecule has 1 aliphatic heterocycles. The van der Waals surface area contributed by atoms with Crippen molar-refractivity contribution in [3.8, 4) is 5.75 Å². The third kappa shape index (κ3) is 4.94. The predicted molar refractivity (Wildman–Crippen MR) is 120 cm³/mol. The number of aliphatic hydroxyl groups is 1. The zero-order chi connectivity index (χ0) is 21.8. The van der Waals surface area contributed by atoms with Crippen LogP contribution < -0.4 is 10.1 Å². The van der Waals surface area contributed by atoms with Crippen LogP contribution in [0.2, 0.25) is 0 Å². The molecule has 0 saturated carbocycles. The Morgan fingerprint density at radius 1 is 1.16 bits per heavy atom. The number of ether oxygens (including phenoxy) is 1. The lowest BCUT2D eigenvalue weighted by molar-refractivity contribution is 0.194. The number of aromatic nitrogens is 2. The van der Waals surface area contributed by atoms with Gasteiger partial charge in [-0.25, -0.2) is 14.8 Å². The number of rotatable bonds is 5. The van der Waals surface area contributed by atoms with E-state index in [0.29, 0.717) is 13.1 Å². The van der Waals surface area contributed by atoms with E-state index in [-0.39, 0.29) is 24.7 Å². The molecule has 7 heteroatoms. The summed E-state index contributed by atoms with van der Waals surface area (Å²) in [6.07, 6.45) is 3.39. The number of anilines is 1. The quantitative estimate of drug-likeness (QED) is 0.642. The molecule has 2 amide bonds. The minimum Gasteiger partial charge on any atom is -0.491 e. The van der Waals surface area contributed by atoms with E-state index in [2.05, 4.69) is 15.3 Å². The molecule has 0 spiro atoms. The number of hydrogen-bond acceptors (Lipinski definition) is 5. The van der Waals surface area contributed by atoms with Crippen molar-refractivity contribution < 1.29 is 14.6 Å². The molecule has 0 aliphatic carbocycles. The summed E-state index contributed by atoms with van der Waals surface area (Å²) in [7, 11) is 0. The second-order valence-corrected chi connectivity index (χ2v) is 8.15. The van der Waals surface area contributed by atoms with Crippen molar-refractivity contribution in [2.75, 3.05) is 18.4 Å². The van der Waals surface area contributed by atoms with Crippen LogP contribution >= 0.6 is 0 Å². The Bertz CT molecular complexity index is 1040. The fourth-order valence-corrected chi connectivity index (χ4v) is 3.99. The molecule has 7 nitrogen and oxygen atoms in total. The molecule has 0 unspecified atom stereocenters. The molecule has 0 atom stereocenters. The molecule has 162 valence electrons. The molecule has 2 aromatic carbocycles. The van der Waals surface area contributed by atoms with E-state index in [9.17, 15) is 9.90 Å². The highest BCUT2D eigenvalue weighted by molar-refractivity contribution is 5.89. The van der Waals surface area contributed by atoms with Gasteiger partial charge in [-0.15, -0.1) is 0 Å². The lowest BCUT2D eigenvalue weighted by Crippen LogP contribution is -2.40. The molecule has 1 aliphatic rings. The van der Waals surface area contributed by atoms with Crippen molar-refractivity contribution >= 4 is 22.6 Å². The zero-order valence-electron chi connectivity index (χ0n) is 17.9. The maximum atomic E-state index is 12.7. The smallest absolute Gasteiger partial charge is 0.321 e. The van der Waals surface area contributed by atoms with Crippen molar-refractivity contribution in [2.24, 2.45) is 0 Å². The number of nitrogens with zero attached hydrogens (tertiary/aromatic N) is 3. The summed E-state index contributed by atoms with van der Waals surface area (Å²) in [5.41, 5.74) is 3.49. The van der Waals surface area contributed by atoms with E-state index >= 15 is 0 Å². The standard InChI is InChI=1S/C24H28N4O3/c1-16(2)31-20-6-4-19(5-7-20)27-24(30)28-11-9-18(10-12-28)23-21-13-17(14-29)3-8-22(21)25-15-26-23/h3-8,13,15-16,18,29H,9-12,14H2,1-2H3,(H,27,30). The van der Waals surface area contributed by atoms with E-state index < -0.39 is 0 Å². The fraction of sp³-hybridized carbons (Fsp3) is 0.375. The molecule has 1 aromatic heterocycles. The van der Waals surface area contributed by atoms with Gasteiger partial charge in [0.1, 0.15) is 12.1 Å². The summed E-state index contributed by atoms with van der Waals surface area (Å²) in [6, 6.07) is 13.1. The van der Waals surface area contributed by atoms with E-state index in [1.54, 1.807) is 6.33 Å². The molecule has 31 heavy (non-hydrogen) atoms. The zero-order valence-corrected chi connectivity index (χ0v) is 17.9. The normalized spacial score (nSPS) is 14.8. The summed E-state index contributed by atoms with van der Waals surface area (Å²) in [5.74, 6) is 1.05. The third-order valence-corrected chi connectivity index (χ3v) is 5.56. The van der Waals surface area contributed by atoms with Crippen molar-refractivity contribution in [3.63, 3.8) is 0 Å². The first-order valence-electron chi connectivity index (χ1n) is 10.7. The molecule has 1 saturated heterocycles. The molecule has 2 heterocycles. The average Bonchev–Trinajstić information content (AvgIpc) is 2.79. The van der Waals surface area contributed by atoms with Gasteiger partial charge in [0.15, 0.2) is 0 Å².